The summed E-state index contributed by atoms with van der Waals surface area (Å²) in [6.45, 7) is 1.64. The summed E-state index contributed by atoms with van der Waals surface area (Å²) in [6, 6.07) is 12.1. The Morgan fingerprint density at radius 1 is 1.00 bits per heavy atom. The van der Waals surface area contributed by atoms with Crippen molar-refractivity contribution in [1.29, 1.82) is 0 Å². The number of hydrogen-bond donors (Lipinski definition) is 1. The Morgan fingerprint density at radius 2 is 1.65 bits per heavy atom. The zero-order valence-corrected chi connectivity index (χ0v) is 11.5. The number of rotatable bonds is 4. The Bertz CT molecular complexity index is 422. The van der Waals surface area contributed by atoms with Gasteiger partial charge in [0.2, 0.25) is 0 Å². The largest absolute Gasteiger partial charge is 0.309 e. The Balaban J connectivity index is 1.83. The van der Waals surface area contributed by atoms with Crippen molar-refractivity contribution in [2.24, 2.45) is 0 Å². The van der Waals surface area contributed by atoms with Crippen LogP contribution in [0.3, 0.4) is 0 Å². The third-order valence-electron chi connectivity index (χ3n) is 2.36. The number of nitrogens with one attached hydrogen (secondary N) is 1. The van der Waals surface area contributed by atoms with E-state index in [0.717, 1.165) is 23.1 Å². The molecule has 1 N–H and O–H groups in total. The van der Waals surface area contributed by atoms with Crippen LogP contribution in [-0.2, 0) is 13.1 Å². The molecule has 0 saturated carbocycles. The van der Waals surface area contributed by atoms with Gasteiger partial charge < -0.3 is 5.32 Å². The molecule has 0 amide bonds. The fourth-order valence-electron chi connectivity index (χ4n) is 1.46. The summed E-state index contributed by atoms with van der Waals surface area (Å²) in [5.41, 5.74) is 2.39. The molecular formula is C13H12BrClN2. The second kappa shape index (κ2) is 6.15. The van der Waals surface area contributed by atoms with E-state index >= 15 is 0 Å². The van der Waals surface area contributed by atoms with E-state index in [4.69, 9.17) is 11.6 Å². The van der Waals surface area contributed by atoms with Gasteiger partial charge in [-0.15, -0.1) is 0 Å². The molecule has 1 aromatic carbocycles. The van der Waals surface area contributed by atoms with Crippen molar-refractivity contribution < 1.29 is 0 Å². The summed E-state index contributed by atoms with van der Waals surface area (Å²) >= 11 is 9.14. The molecule has 17 heavy (non-hydrogen) atoms. The van der Waals surface area contributed by atoms with Gasteiger partial charge >= 0.3 is 0 Å². The lowest BCUT2D eigenvalue weighted by atomic mass is 10.2. The molecule has 0 aliphatic rings. The minimum atomic E-state index is 0.529. The van der Waals surface area contributed by atoms with Crippen molar-refractivity contribution in [2.75, 3.05) is 0 Å². The van der Waals surface area contributed by atoms with E-state index in [9.17, 15) is 0 Å². The zero-order valence-electron chi connectivity index (χ0n) is 9.16. The van der Waals surface area contributed by atoms with E-state index in [1.165, 1.54) is 5.56 Å². The van der Waals surface area contributed by atoms with Crippen LogP contribution in [0.4, 0.5) is 0 Å². The summed E-state index contributed by atoms with van der Waals surface area (Å²) < 4.78 is 1.10. The number of hydrogen-bond acceptors (Lipinski definition) is 2. The summed E-state index contributed by atoms with van der Waals surface area (Å²) in [7, 11) is 0. The fraction of sp³-hybridized carbons (Fsp3) is 0.154. The maximum atomic E-state index is 5.72. The molecule has 0 aliphatic heterocycles. The lowest BCUT2D eigenvalue weighted by Crippen LogP contribution is -2.12. The number of aromatic nitrogens is 1. The molecule has 0 fully saturated rings. The van der Waals surface area contributed by atoms with Gasteiger partial charge in [0, 0.05) is 23.8 Å². The highest BCUT2D eigenvalue weighted by molar-refractivity contribution is 9.10. The maximum absolute atomic E-state index is 5.72. The van der Waals surface area contributed by atoms with Crippen LogP contribution < -0.4 is 5.32 Å². The SMILES string of the molecule is Clc1ccc(CNCc2ccc(Br)cc2)cn1. The first-order valence-electron chi connectivity index (χ1n) is 5.29. The smallest absolute Gasteiger partial charge is 0.129 e. The van der Waals surface area contributed by atoms with E-state index in [-0.39, 0.29) is 0 Å². The lowest BCUT2D eigenvalue weighted by molar-refractivity contribution is 0.691. The molecule has 1 aromatic heterocycles. The molecule has 0 atom stereocenters. The molecule has 88 valence electrons. The molecule has 2 aromatic rings. The molecule has 0 bridgehead atoms. The number of nitrogens with zero attached hydrogens (tertiary/aromatic N) is 1. The van der Waals surface area contributed by atoms with Gasteiger partial charge in [0.05, 0.1) is 0 Å². The first kappa shape index (κ1) is 12.6. The van der Waals surface area contributed by atoms with Crippen LogP contribution in [0.2, 0.25) is 5.15 Å². The molecule has 0 aliphatic carbocycles. The molecule has 4 heteroatoms. The standard InChI is InChI=1S/C13H12BrClN2/c14-12-4-1-10(2-5-12)7-16-8-11-3-6-13(15)17-9-11/h1-6,9,16H,7-8H2. The highest BCUT2D eigenvalue weighted by atomic mass is 79.9. The van der Waals surface area contributed by atoms with E-state index in [2.05, 4.69) is 38.4 Å². The Hall–Kier alpha value is -0.900. The quantitative estimate of drug-likeness (QED) is 0.869. The zero-order chi connectivity index (χ0) is 12.1. The number of benzene rings is 1. The van der Waals surface area contributed by atoms with Crippen LogP contribution in [0.15, 0.2) is 47.1 Å². The van der Waals surface area contributed by atoms with Crippen LogP contribution >= 0.6 is 27.5 Å². The van der Waals surface area contributed by atoms with Crippen molar-refractivity contribution >= 4 is 27.5 Å². The van der Waals surface area contributed by atoms with Crippen molar-refractivity contribution in [1.82, 2.24) is 10.3 Å². The second-order valence-electron chi connectivity index (χ2n) is 3.72. The van der Waals surface area contributed by atoms with Crippen LogP contribution in [0.1, 0.15) is 11.1 Å². The number of pyridine rings is 1. The van der Waals surface area contributed by atoms with Crippen molar-refractivity contribution in [2.45, 2.75) is 13.1 Å². The fourth-order valence-corrected chi connectivity index (χ4v) is 1.84. The highest BCUT2D eigenvalue weighted by Gasteiger charge is 1.95. The lowest BCUT2D eigenvalue weighted by Gasteiger charge is -2.05. The summed E-state index contributed by atoms with van der Waals surface area (Å²) in [6.07, 6.45) is 1.79. The van der Waals surface area contributed by atoms with Crippen LogP contribution in [0, 0.1) is 0 Å². The molecule has 0 spiro atoms. The Morgan fingerprint density at radius 3 is 2.29 bits per heavy atom. The van der Waals surface area contributed by atoms with Gasteiger partial charge in [-0.2, -0.15) is 0 Å². The Labute approximate surface area is 114 Å². The first-order valence-corrected chi connectivity index (χ1v) is 6.47. The van der Waals surface area contributed by atoms with Crippen molar-refractivity contribution in [3.05, 3.63) is 63.3 Å². The number of halogens is 2. The van der Waals surface area contributed by atoms with Gasteiger partial charge in [-0.25, -0.2) is 4.98 Å². The van der Waals surface area contributed by atoms with Gasteiger partial charge in [-0.05, 0) is 29.3 Å². The highest BCUT2D eigenvalue weighted by Crippen LogP contribution is 2.10. The van der Waals surface area contributed by atoms with Crippen molar-refractivity contribution in [3.8, 4) is 0 Å². The Kier molecular flexibility index (Phi) is 4.54. The molecule has 2 rings (SSSR count). The molecule has 2 nitrogen and oxygen atoms in total. The van der Waals surface area contributed by atoms with Gasteiger partial charge in [-0.1, -0.05) is 45.7 Å². The van der Waals surface area contributed by atoms with Gasteiger partial charge in [-0.3, -0.25) is 0 Å². The molecular weight excluding hydrogens is 300 g/mol. The molecule has 1 heterocycles. The van der Waals surface area contributed by atoms with Gasteiger partial charge in [0.25, 0.3) is 0 Å². The third kappa shape index (κ3) is 4.11. The maximum Gasteiger partial charge on any atom is 0.129 e. The minimum Gasteiger partial charge on any atom is -0.309 e. The average molecular weight is 312 g/mol. The summed E-state index contributed by atoms with van der Waals surface area (Å²) in [4.78, 5) is 4.04. The molecule has 0 saturated heterocycles. The van der Waals surface area contributed by atoms with E-state index in [1.54, 1.807) is 12.3 Å². The first-order chi connectivity index (χ1) is 8.24. The van der Waals surface area contributed by atoms with Gasteiger partial charge in [0.1, 0.15) is 5.15 Å². The normalized spacial score (nSPS) is 10.5. The summed E-state index contributed by atoms with van der Waals surface area (Å²) in [5.74, 6) is 0. The van der Waals surface area contributed by atoms with Crippen LogP contribution in [-0.4, -0.2) is 4.98 Å². The van der Waals surface area contributed by atoms with Crippen LogP contribution in [0.5, 0.6) is 0 Å². The molecule has 0 radical (unpaired) electrons. The summed E-state index contributed by atoms with van der Waals surface area (Å²) in [5, 5.41) is 3.89. The average Bonchev–Trinajstić information content (AvgIpc) is 2.34. The van der Waals surface area contributed by atoms with E-state index in [1.807, 2.05) is 18.2 Å². The van der Waals surface area contributed by atoms with Crippen molar-refractivity contribution in [3.63, 3.8) is 0 Å². The minimum absolute atomic E-state index is 0.529. The predicted octanol–water partition coefficient (Wildman–Crippen LogP) is 3.79. The van der Waals surface area contributed by atoms with Crippen LogP contribution in [0.25, 0.3) is 0 Å². The monoisotopic (exact) mass is 310 g/mol. The van der Waals surface area contributed by atoms with E-state index in [0.29, 0.717) is 5.15 Å². The van der Waals surface area contributed by atoms with E-state index < -0.39 is 0 Å². The third-order valence-corrected chi connectivity index (χ3v) is 3.11. The second-order valence-corrected chi connectivity index (χ2v) is 5.02. The predicted molar refractivity (Wildman–Crippen MR) is 73.9 cm³/mol. The van der Waals surface area contributed by atoms with Gasteiger partial charge in [0.15, 0.2) is 0 Å². The molecule has 0 unspecified atom stereocenters. The topological polar surface area (TPSA) is 24.9 Å².